The summed E-state index contributed by atoms with van der Waals surface area (Å²) in [7, 11) is 0. The van der Waals surface area contributed by atoms with Gasteiger partial charge >= 0.3 is 0 Å². The van der Waals surface area contributed by atoms with Crippen LogP contribution in [0.4, 0.5) is 5.82 Å². The topological polar surface area (TPSA) is 46.5 Å². The summed E-state index contributed by atoms with van der Waals surface area (Å²) < 4.78 is 5.49. The van der Waals surface area contributed by atoms with Crippen molar-refractivity contribution >= 4 is 11.5 Å². The number of anilines is 1. The third-order valence-electron chi connectivity index (χ3n) is 3.42. The first kappa shape index (κ1) is 15.7. The third-order valence-corrected chi connectivity index (χ3v) is 3.42. The fourth-order valence-corrected chi connectivity index (χ4v) is 2.33. The quantitative estimate of drug-likeness (QED) is 0.543. The minimum absolute atomic E-state index is 0.617. The predicted molar refractivity (Wildman–Crippen MR) is 97.6 cm³/mol. The number of ether oxygens (including phenoxy) is 1. The second kappa shape index (κ2) is 7.92. The molecule has 0 spiro atoms. The van der Waals surface area contributed by atoms with Crippen molar-refractivity contribution in [2.45, 2.75) is 6.92 Å². The molecular formula is C20H19N3O. The Labute approximate surface area is 141 Å². The van der Waals surface area contributed by atoms with Crippen LogP contribution in [0.3, 0.4) is 0 Å². The van der Waals surface area contributed by atoms with Crippen LogP contribution in [0.25, 0.3) is 0 Å². The molecule has 0 saturated carbocycles. The zero-order valence-corrected chi connectivity index (χ0v) is 13.5. The van der Waals surface area contributed by atoms with E-state index in [1.54, 1.807) is 6.20 Å². The molecule has 4 nitrogen and oxygen atoms in total. The smallest absolute Gasteiger partial charge is 0.149 e. The fraction of sp³-hybridized carbons (Fsp3) is 0.100. The maximum Gasteiger partial charge on any atom is 0.149 e. The molecular weight excluding hydrogens is 298 g/mol. The van der Waals surface area contributed by atoms with E-state index >= 15 is 0 Å². The van der Waals surface area contributed by atoms with E-state index < -0.39 is 0 Å². The van der Waals surface area contributed by atoms with Crippen molar-refractivity contribution in [2.75, 3.05) is 12.0 Å². The summed E-state index contributed by atoms with van der Waals surface area (Å²) in [5.74, 6) is 1.41. The van der Waals surface area contributed by atoms with Crippen molar-refractivity contribution in [3.63, 3.8) is 0 Å². The Morgan fingerprint density at radius 2 is 1.58 bits per heavy atom. The van der Waals surface area contributed by atoms with E-state index in [0.29, 0.717) is 12.4 Å². The molecule has 3 rings (SSSR count). The largest absolute Gasteiger partial charge is 0.494 e. The number of rotatable bonds is 6. The third kappa shape index (κ3) is 3.98. The molecule has 0 radical (unpaired) electrons. The average molecular weight is 317 g/mol. The van der Waals surface area contributed by atoms with Gasteiger partial charge in [-0.15, -0.1) is 0 Å². The standard InChI is InChI=1S/C20H19N3O/c1-2-24-18-13-14-21-19(15-18)22-23-20(16-9-5-3-6-10-16)17-11-7-4-8-12-17/h3-15H,2H2,1H3,(H,21,22). The van der Waals surface area contributed by atoms with Gasteiger partial charge in [0.15, 0.2) is 0 Å². The molecule has 2 aromatic carbocycles. The van der Waals surface area contributed by atoms with Gasteiger partial charge in [0, 0.05) is 23.4 Å². The van der Waals surface area contributed by atoms with Crippen LogP contribution in [0.5, 0.6) is 5.75 Å². The van der Waals surface area contributed by atoms with Crippen LogP contribution in [0.2, 0.25) is 0 Å². The maximum absolute atomic E-state index is 5.49. The van der Waals surface area contributed by atoms with Crippen molar-refractivity contribution in [3.05, 3.63) is 90.1 Å². The molecule has 0 saturated heterocycles. The Kier molecular flexibility index (Phi) is 5.20. The molecule has 0 aliphatic rings. The zero-order chi connectivity index (χ0) is 16.6. The molecule has 4 heteroatoms. The normalized spacial score (nSPS) is 10.0. The van der Waals surface area contributed by atoms with Crippen LogP contribution < -0.4 is 10.2 Å². The van der Waals surface area contributed by atoms with E-state index in [0.717, 1.165) is 22.6 Å². The molecule has 0 unspecified atom stereocenters. The molecule has 0 atom stereocenters. The molecule has 0 amide bonds. The van der Waals surface area contributed by atoms with E-state index in [1.165, 1.54) is 0 Å². The molecule has 1 N–H and O–H groups in total. The summed E-state index contributed by atoms with van der Waals surface area (Å²) in [6.07, 6.45) is 1.70. The minimum atomic E-state index is 0.617. The Morgan fingerprint density at radius 3 is 2.17 bits per heavy atom. The van der Waals surface area contributed by atoms with Crippen LogP contribution >= 0.6 is 0 Å². The van der Waals surface area contributed by atoms with Crippen LogP contribution in [-0.4, -0.2) is 17.3 Å². The lowest BCUT2D eigenvalue weighted by Gasteiger charge is -2.09. The summed E-state index contributed by atoms with van der Waals surface area (Å²) in [5, 5.41) is 4.58. The number of hydrogen-bond acceptors (Lipinski definition) is 4. The Hall–Kier alpha value is -3.14. The lowest BCUT2D eigenvalue weighted by atomic mass is 10.0. The first-order valence-electron chi connectivity index (χ1n) is 7.90. The minimum Gasteiger partial charge on any atom is -0.494 e. The van der Waals surface area contributed by atoms with E-state index in [2.05, 4.69) is 15.5 Å². The Bertz CT molecular complexity index is 760. The second-order valence-electron chi connectivity index (χ2n) is 5.11. The lowest BCUT2D eigenvalue weighted by Crippen LogP contribution is -2.07. The van der Waals surface area contributed by atoms with Gasteiger partial charge in [-0.1, -0.05) is 60.7 Å². The molecule has 0 fully saturated rings. The molecule has 24 heavy (non-hydrogen) atoms. The summed E-state index contributed by atoms with van der Waals surface area (Å²) in [6.45, 7) is 2.57. The molecule has 0 bridgehead atoms. The Morgan fingerprint density at radius 1 is 0.958 bits per heavy atom. The van der Waals surface area contributed by atoms with Crippen LogP contribution in [-0.2, 0) is 0 Å². The van der Waals surface area contributed by atoms with Gasteiger partial charge in [0.05, 0.1) is 12.3 Å². The highest BCUT2D eigenvalue weighted by atomic mass is 16.5. The van der Waals surface area contributed by atoms with Gasteiger partial charge in [-0.3, -0.25) is 5.43 Å². The van der Waals surface area contributed by atoms with Gasteiger partial charge in [0.2, 0.25) is 0 Å². The van der Waals surface area contributed by atoms with Gasteiger partial charge in [-0.25, -0.2) is 4.98 Å². The van der Waals surface area contributed by atoms with Crippen LogP contribution in [0.15, 0.2) is 84.1 Å². The summed E-state index contributed by atoms with van der Waals surface area (Å²) in [6, 6.07) is 23.8. The number of pyridine rings is 1. The van der Waals surface area contributed by atoms with E-state index in [-0.39, 0.29) is 0 Å². The molecule has 3 aromatic rings. The summed E-state index contributed by atoms with van der Waals surface area (Å²) in [4.78, 5) is 4.28. The zero-order valence-electron chi connectivity index (χ0n) is 13.5. The van der Waals surface area contributed by atoms with Crippen LogP contribution in [0, 0.1) is 0 Å². The second-order valence-corrected chi connectivity index (χ2v) is 5.11. The predicted octanol–water partition coefficient (Wildman–Crippen LogP) is 4.34. The highest BCUT2D eigenvalue weighted by Crippen LogP contribution is 2.16. The monoisotopic (exact) mass is 317 g/mol. The van der Waals surface area contributed by atoms with E-state index in [1.807, 2.05) is 79.7 Å². The van der Waals surface area contributed by atoms with Crippen molar-refractivity contribution < 1.29 is 4.74 Å². The fourth-order valence-electron chi connectivity index (χ4n) is 2.33. The Balaban J connectivity index is 1.91. The van der Waals surface area contributed by atoms with E-state index in [4.69, 9.17) is 4.74 Å². The molecule has 120 valence electrons. The number of hydrogen-bond donors (Lipinski definition) is 1. The lowest BCUT2D eigenvalue weighted by molar-refractivity contribution is 0.340. The number of aromatic nitrogens is 1. The van der Waals surface area contributed by atoms with Crippen LogP contribution in [0.1, 0.15) is 18.1 Å². The first-order chi connectivity index (χ1) is 11.9. The van der Waals surface area contributed by atoms with Gasteiger partial charge in [0.25, 0.3) is 0 Å². The maximum atomic E-state index is 5.49. The number of nitrogens with zero attached hydrogens (tertiary/aromatic N) is 2. The highest BCUT2D eigenvalue weighted by molar-refractivity contribution is 6.13. The molecule has 0 aliphatic heterocycles. The van der Waals surface area contributed by atoms with Crippen molar-refractivity contribution in [1.29, 1.82) is 0 Å². The van der Waals surface area contributed by atoms with Gasteiger partial charge in [-0.05, 0) is 13.0 Å². The number of benzene rings is 2. The number of hydrazone groups is 1. The van der Waals surface area contributed by atoms with E-state index in [9.17, 15) is 0 Å². The van der Waals surface area contributed by atoms with Crippen molar-refractivity contribution in [1.82, 2.24) is 4.98 Å². The van der Waals surface area contributed by atoms with Crippen molar-refractivity contribution in [3.8, 4) is 5.75 Å². The van der Waals surface area contributed by atoms with Gasteiger partial charge in [-0.2, -0.15) is 5.10 Å². The summed E-state index contributed by atoms with van der Waals surface area (Å²) >= 11 is 0. The molecule has 0 aliphatic carbocycles. The summed E-state index contributed by atoms with van der Waals surface area (Å²) in [5.41, 5.74) is 5.98. The first-order valence-corrected chi connectivity index (χ1v) is 7.90. The van der Waals surface area contributed by atoms with Gasteiger partial charge in [0.1, 0.15) is 11.6 Å². The average Bonchev–Trinajstić information content (AvgIpc) is 2.64. The van der Waals surface area contributed by atoms with Crippen molar-refractivity contribution in [2.24, 2.45) is 5.10 Å². The molecule has 1 heterocycles. The SMILES string of the molecule is CCOc1ccnc(NN=C(c2ccccc2)c2ccccc2)c1. The highest BCUT2D eigenvalue weighted by Gasteiger charge is 2.06. The number of nitrogens with one attached hydrogen (secondary N) is 1. The van der Waals surface area contributed by atoms with Gasteiger partial charge < -0.3 is 4.74 Å². The molecule has 1 aromatic heterocycles.